The van der Waals surface area contributed by atoms with Crippen molar-refractivity contribution < 1.29 is 5.11 Å². The molecule has 1 unspecified atom stereocenters. The molecule has 16 heavy (non-hydrogen) atoms. The van der Waals surface area contributed by atoms with E-state index in [2.05, 4.69) is 9.97 Å². The Labute approximate surface area is 98.8 Å². The summed E-state index contributed by atoms with van der Waals surface area (Å²) in [5, 5.41) is 13.1. The van der Waals surface area contributed by atoms with Gasteiger partial charge in [-0.25, -0.2) is 4.98 Å². The van der Waals surface area contributed by atoms with E-state index in [4.69, 9.17) is 0 Å². The molecular formula is C12H14N2OS. The molecule has 1 N–H and O–H groups in total. The van der Waals surface area contributed by atoms with E-state index in [9.17, 15) is 5.11 Å². The third-order valence-corrected chi connectivity index (χ3v) is 3.26. The summed E-state index contributed by atoms with van der Waals surface area (Å²) in [6.07, 6.45) is 1.67. The fourth-order valence-electron chi connectivity index (χ4n) is 1.64. The van der Waals surface area contributed by atoms with Crippen molar-refractivity contribution in [1.29, 1.82) is 0 Å². The average molecular weight is 234 g/mol. The molecule has 0 radical (unpaired) electrons. The van der Waals surface area contributed by atoms with E-state index in [-0.39, 0.29) is 0 Å². The predicted molar refractivity (Wildman–Crippen MR) is 64.5 cm³/mol. The highest BCUT2D eigenvalue weighted by Gasteiger charge is 2.13. The van der Waals surface area contributed by atoms with Gasteiger partial charge in [-0.3, -0.25) is 4.98 Å². The highest BCUT2D eigenvalue weighted by Crippen LogP contribution is 2.20. The molecule has 2 rings (SSSR count). The molecule has 0 saturated heterocycles. The summed E-state index contributed by atoms with van der Waals surface area (Å²) in [7, 11) is 0. The number of thiazole rings is 1. The van der Waals surface area contributed by atoms with Crippen LogP contribution in [0.25, 0.3) is 0 Å². The first-order chi connectivity index (χ1) is 7.66. The quantitative estimate of drug-likeness (QED) is 0.887. The Kier molecular flexibility index (Phi) is 3.31. The molecule has 0 spiro atoms. The minimum Gasteiger partial charge on any atom is -0.386 e. The maximum Gasteiger partial charge on any atom is 0.102 e. The second-order valence-electron chi connectivity index (χ2n) is 3.78. The number of aromatic nitrogens is 2. The lowest BCUT2D eigenvalue weighted by molar-refractivity contribution is 0.172. The van der Waals surface area contributed by atoms with Crippen LogP contribution in [0, 0.1) is 13.8 Å². The molecule has 1 atom stereocenters. The molecule has 2 heterocycles. The van der Waals surface area contributed by atoms with Crippen molar-refractivity contribution in [1.82, 2.24) is 9.97 Å². The van der Waals surface area contributed by atoms with E-state index in [1.807, 2.05) is 31.4 Å². The first-order valence-corrected chi connectivity index (χ1v) is 6.05. The van der Waals surface area contributed by atoms with Gasteiger partial charge in [0.1, 0.15) is 6.10 Å². The summed E-state index contributed by atoms with van der Waals surface area (Å²) in [6.45, 7) is 3.92. The van der Waals surface area contributed by atoms with Crippen molar-refractivity contribution in [3.05, 3.63) is 45.7 Å². The number of aliphatic hydroxyl groups is 1. The average Bonchev–Trinajstić information content (AvgIpc) is 2.64. The second kappa shape index (κ2) is 4.72. The van der Waals surface area contributed by atoms with E-state index in [1.54, 1.807) is 17.5 Å². The lowest BCUT2D eigenvalue weighted by Crippen LogP contribution is -2.06. The van der Waals surface area contributed by atoms with Gasteiger partial charge in [0.05, 0.1) is 16.4 Å². The van der Waals surface area contributed by atoms with Crippen LogP contribution in [0.1, 0.15) is 28.1 Å². The molecule has 0 aliphatic carbocycles. The maximum atomic E-state index is 10.1. The van der Waals surface area contributed by atoms with Crippen LogP contribution >= 0.6 is 11.3 Å². The standard InChI is InChI=1S/C12H14N2OS/c1-8-4-3-5-13-12(8)11(15)6-10-7-16-9(2)14-10/h3-5,7,11,15H,6H2,1-2H3. The van der Waals surface area contributed by atoms with E-state index < -0.39 is 6.10 Å². The van der Waals surface area contributed by atoms with Crippen molar-refractivity contribution in [2.24, 2.45) is 0 Å². The van der Waals surface area contributed by atoms with Crippen LogP contribution in [0.15, 0.2) is 23.7 Å². The lowest BCUT2D eigenvalue weighted by atomic mass is 10.1. The van der Waals surface area contributed by atoms with Crippen molar-refractivity contribution in [2.45, 2.75) is 26.4 Å². The number of pyridine rings is 1. The fraction of sp³-hybridized carbons (Fsp3) is 0.333. The molecule has 4 heteroatoms. The van der Waals surface area contributed by atoms with Gasteiger partial charge in [0.2, 0.25) is 0 Å². The van der Waals surface area contributed by atoms with E-state index in [1.165, 1.54) is 0 Å². The molecular weight excluding hydrogens is 220 g/mol. The second-order valence-corrected chi connectivity index (χ2v) is 4.85. The minimum atomic E-state index is -0.567. The zero-order valence-corrected chi connectivity index (χ0v) is 10.2. The van der Waals surface area contributed by atoms with Crippen molar-refractivity contribution in [3.8, 4) is 0 Å². The van der Waals surface area contributed by atoms with Crippen LogP contribution in [0.3, 0.4) is 0 Å². The van der Waals surface area contributed by atoms with Crippen molar-refractivity contribution >= 4 is 11.3 Å². The molecule has 0 amide bonds. The monoisotopic (exact) mass is 234 g/mol. The molecule has 2 aromatic heterocycles. The Hall–Kier alpha value is -1.26. The van der Waals surface area contributed by atoms with Gasteiger partial charge in [-0.1, -0.05) is 6.07 Å². The van der Waals surface area contributed by atoms with E-state index in [0.717, 1.165) is 22.0 Å². The van der Waals surface area contributed by atoms with Gasteiger partial charge in [-0.05, 0) is 25.5 Å². The third-order valence-electron chi connectivity index (χ3n) is 2.43. The normalized spacial score (nSPS) is 12.7. The Morgan fingerprint density at radius 3 is 2.88 bits per heavy atom. The molecule has 0 aliphatic heterocycles. The molecule has 0 fully saturated rings. The van der Waals surface area contributed by atoms with Crippen molar-refractivity contribution in [2.75, 3.05) is 0 Å². The summed E-state index contributed by atoms with van der Waals surface area (Å²) in [6, 6.07) is 3.83. The number of aliphatic hydroxyl groups excluding tert-OH is 1. The highest BCUT2D eigenvalue weighted by molar-refractivity contribution is 7.09. The van der Waals surface area contributed by atoms with Crippen LogP contribution in [0.2, 0.25) is 0 Å². The van der Waals surface area contributed by atoms with Crippen LogP contribution in [-0.4, -0.2) is 15.1 Å². The van der Waals surface area contributed by atoms with Gasteiger partial charge in [0.25, 0.3) is 0 Å². The lowest BCUT2D eigenvalue weighted by Gasteiger charge is -2.10. The number of aryl methyl sites for hydroxylation is 2. The minimum absolute atomic E-state index is 0.530. The Morgan fingerprint density at radius 1 is 1.44 bits per heavy atom. The van der Waals surface area contributed by atoms with E-state index >= 15 is 0 Å². The van der Waals surface area contributed by atoms with Gasteiger partial charge in [0.15, 0.2) is 0 Å². The molecule has 84 valence electrons. The molecule has 0 aliphatic rings. The Bertz CT molecular complexity index is 481. The summed E-state index contributed by atoms with van der Waals surface area (Å²) in [4.78, 5) is 8.54. The first-order valence-electron chi connectivity index (χ1n) is 5.17. The number of nitrogens with zero attached hydrogens (tertiary/aromatic N) is 2. The molecule has 0 saturated carbocycles. The third kappa shape index (κ3) is 2.46. The maximum absolute atomic E-state index is 10.1. The van der Waals surface area contributed by atoms with E-state index in [0.29, 0.717) is 6.42 Å². The molecule has 2 aromatic rings. The van der Waals surface area contributed by atoms with Gasteiger partial charge >= 0.3 is 0 Å². The van der Waals surface area contributed by atoms with Crippen LogP contribution in [-0.2, 0) is 6.42 Å². The zero-order valence-electron chi connectivity index (χ0n) is 9.34. The molecule has 0 bridgehead atoms. The number of hydrogen-bond donors (Lipinski definition) is 1. The SMILES string of the molecule is Cc1nc(CC(O)c2ncccc2C)cs1. The smallest absolute Gasteiger partial charge is 0.102 e. The van der Waals surface area contributed by atoms with Gasteiger partial charge < -0.3 is 5.11 Å². The Morgan fingerprint density at radius 2 is 2.25 bits per heavy atom. The summed E-state index contributed by atoms with van der Waals surface area (Å²) in [5.74, 6) is 0. The molecule has 0 aromatic carbocycles. The number of hydrogen-bond acceptors (Lipinski definition) is 4. The van der Waals surface area contributed by atoms with Crippen LogP contribution < -0.4 is 0 Å². The zero-order chi connectivity index (χ0) is 11.5. The Balaban J connectivity index is 2.14. The van der Waals surface area contributed by atoms with Gasteiger partial charge in [-0.15, -0.1) is 11.3 Å². The molecule has 3 nitrogen and oxygen atoms in total. The van der Waals surface area contributed by atoms with Crippen molar-refractivity contribution in [3.63, 3.8) is 0 Å². The predicted octanol–water partition coefficient (Wildman–Crippen LogP) is 2.43. The number of rotatable bonds is 3. The highest BCUT2D eigenvalue weighted by atomic mass is 32.1. The van der Waals surface area contributed by atoms with Gasteiger partial charge in [-0.2, -0.15) is 0 Å². The van der Waals surface area contributed by atoms with Crippen LogP contribution in [0.4, 0.5) is 0 Å². The van der Waals surface area contributed by atoms with Crippen LogP contribution in [0.5, 0.6) is 0 Å². The fourth-order valence-corrected chi connectivity index (χ4v) is 2.27. The first kappa shape index (κ1) is 11.2. The summed E-state index contributed by atoms with van der Waals surface area (Å²) in [5.41, 5.74) is 2.69. The summed E-state index contributed by atoms with van der Waals surface area (Å²) >= 11 is 1.60. The van der Waals surface area contributed by atoms with Gasteiger partial charge in [0, 0.05) is 18.0 Å². The largest absolute Gasteiger partial charge is 0.386 e. The topological polar surface area (TPSA) is 46.0 Å². The summed E-state index contributed by atoms with van der Waals surface area (Å²) < 4.78 is 0.